The lowest BCUT2D eigenvalue weighted by Crippen LogP contribution is -2.52. The van der Waals surface area contributed by atoms with Crippen molar-refractivity contribution in [1.29, 1.82) is 0 Å². The lowest BCUT2D eigenvalue weighted by Gasteiger charge is -2.29. The number of hydrogen-bond acceptors (Lipinski definition) is 5. The second-order valence-electron chi connectivity index (χ2n) is 7.44. The molecule has 3 rings (SSSR count). The van der Waals surface area contributed by atoms with E-state index >= 15 is 0 Å². The molecule has 0 saturated carbocycles. The third kappa shape index (κ3) is 5.13. The van der Waals surface area contributed by atoms with Gasteiger partial charge in [0.05, 0.1) is 13.2 Å². The number of fused-ring (bicyclic) bond motifs is 1. The van der Waals surface area contributed by atoms with Crippen molar-refractivity contribution in [3.8, 4) is 5.75 Å². The van der Waals surface area contributed by atoms with Crippen molar-refractivity contribution in [2.24, 2.45) is 0 Å². The molecule has 1 unspecified atom stereocenters. The normalized spacial score (nSPS) is 18.6. The number of benzene rings is 1. The predicted molar refractivity (Wildman–Crippen MR) is 103 cm³/mol. The van der Waals surface area contributed by atoms with Gasteiger partial charge in [-0.25, -0.2) is 0 Å². The Bertz CT molecular complexity index is 806. The van der Waals surface area contributed by atoms with Crippen molar-refractivity contribution in [1.82, 2.24) is 10.2 Å². The van der Waals surface area contributed by atoms with Crippen LogP contribution in [0, 0.1) is 0 Å². The van der Waals surface area contributed by atoms with Crippen LogP contribution < -0.4 is 10.1 Å². The maximum atomic E-state index is 12.8. The number of rotatable bonds is 10. The van der Waals surface area contributed by atoms with Gasteiger partial charge in [0.15, 0.2) is 0 Å². The first-order chi connectivity index (χ1) is 14.0. The first kappa shape index (κ1) is 20.8. The van der Waals surface area contributed by atoms with Gasteiger partial charge in [-0.3, -0.25) is 24.5 Å². The Labute approximate surface area is 169 Å². The van der Waals surface area contributed by atoms with Crippen LogP contribution in [0.25, 0.3) is 0 Å². The molecular formula is C21H26N2O6. The lowest BCUT2D eigenvalue weighted by atomic mass is 10.0. The van der Waals surface area contributed by atoms with Crippen molar-refractivity contribution in [3.63, 3.8) is 0 Å². The highest BCUT2D eigenvalue weighted by molar-refractivity contribution is 6.05. The van der Waals surface area contributed by atoms with Gasteiger partial charge >= 0.3 is 5.97 Å². The summed E-state index contributed by atoms with van der Waals surface area (Å²) in [5.74, 6) is -1.04. The number of nitrogens with zero attached hydrogens (tertiary/aromatic N) is 1. The number of piperidine rings is 1. The molecule has 8 heteroatoms. The van der Waals surface area contributed by atoms with Gasteiger partial charge in [-0.2, -0.15) is 0 Å². The zero-order valence-corrected chi connectivity index (χ0v) is 16.3. The Hall–Kier alpha value is -2.90. The predicted octanol–water partition coefficient (Wildman–Crippen LogP) is 2.25. The van der Waals surface area contributed by atoms with Crippen LogP contribution in [0.3, 0.4) is 0 Å². The fourth-order valence-electron chi connectivity index (χ4n) is 3.78. The molecule has 8 nitrogen and oxygen atoms in total. The summed E-state index contributed by atoms with van der Waals surface area (Å²) < 4.78 is 5.89. The number of aliphatic carboxylic acids is 1. The molecule has 2 aliphatic heterocycles. The molecule has 29 heavy (non-hydrogen) atoms. The molecule has 0 aliphatic carbocycles. The Morgan fingerprint density at radius 1 is 1.14 bits per heavy atom. The summed E-state index contributed by atoms with van der Waals surface area (Å²) in [5, 5.41) is 10.9. The summed E-state index contributed by atoms with van der Waals surface area (Å²) in [5.41, 5.74) is 1.32. The maximum absolute atomic E-state index is 12.8. The van der Waals surface area contributed by atoms with Gasteiger partial charge in [0.2, 0.25) is 11.8 Å². The van der Waals surface area contributed by atoms with Crippen molar-refractivity contribution in [2.45, 2.75) is 64.0 Å². The second kappa shape index (κ2) is 9.54. The molecule has 2 N–H and O–H groups in total. The van der Waals surface area contributed by atoms with Gasteiger partial charge in [-0.1, -0.05) is 25.3 Å². The van der Waals surface area contributed by atoms with Crippen molar-refractivity contribution in [2.75, 3.05) is 6.61 Å². The average Bonchev–Trinajstić information content (AvgIpc) is 3.01. The third-order valence-corrected chi connectivity index (χ3v) is 5.33. The van der Waals surface area contributed by atoms with Crippen LogP contribution in [0.5, 0.6) is 5.75 Å². The zero-order valence-electron chi connectivity index (χ0n) is 16.3. The second-order valence-corrected chi connectivity index (χ2v) is 7.44. The molecular weight excluding hydrogens is 376 g/mol. The highest BCUT2D eigenvalue weighted by Gasteiger charge is 2.40. The largest absolute Gasteiger partial charge is 0.493 e. The lowest BCUT2D eigenvalue weighted by molar-refractivity contribution is -0.138. The van der Waals surface area contributed by atoms with Crippen LogP contribution >= 0.6 is 0 Å². The summed E-state index contributed by atoms with van der Waals surface area (Å²) in [4.78, 5) is 48.3. The summed E-state index contributed by atoms with van der Waals surface area (Å²) >= 11 is 0. The zero-order chi connectivity index (χ0) is 20.8. The Kier molecular flexibility index (Phi) is 6.85. The molecule has 0 spiro atoms. The van der Waals surface area contributed by atoms with Crippen LogP contribution in [-0.2, 0) is 20.9 Å². The number of amides is 3. The monoisotopic (exact) mass is 402 g/mol. The van der Waals surface area contributed by atoms with E-state index in [9.17, 15) is 19.2 Å². The van der Waals surface area contributed by atoms with Gasteiger partial charge in [0.25, 0.3) is 5.91 Å². The van der Waals surface area contributed by atoms with Gasteiger partial charge in [-0.05, 0) is 31.4 Å². The van der Waals surface area contributed by atoms with Crippen molar-refractivity contribution < 1.29 is 29.0 Å². The molecule has 1 fully saturated rings. The first-order valence-electron chi connectivity index (χ1n) is 10.1. The molecule has 1 atom stereocenters. The third-order valence-electron chi connectivity index (χ3n) is 5.33. The van der Waals surface area contributed by atoms with E-state index in [1.807, 2.05) is 6.07 Å². The Balaban J connectivity index is 1.51. The van der Waals surface area contributed by atoms with Crippen molar-refractivity contribution in [3.05, 3.63) is 29.3 Å². The van der Waals surface area contributed by atoms with E-state index < -0.39 is 17.9 Å². The van der Waals surface area contributed by atoms with Gasteiger partial charge in [0, 0.05) is 24.0 Å². The maximum Gasteiger partial charge on any atom is 0.303 e. The number of carboxylic acids is 1. The molecule has 0 radical (unpaired) electrons. The van der Waals surface area contributed by atoms with Gasteiger partial charge in [0.1, 0.15) is 11.8 Å². The Morgan fingerprint density at radius 3 is 2.66 bits per heavy atom. The molecule has 3 amide bonds. The number of carboxylic acid groups (broad SMARTS) is 1. The number of carbonyl (C=O) groups excluding carboxylic acids is 3. The fourth-order valence-corrected chi connectivity index (χ4v) is 3.78. The number of nitrogens with one attached hydrogen (secondary N) is 1. The minimum atomic E-state index is -0.757. The summed E-state index contributed by atoms with van der Waals surface area (Å²) in [6.07, 6.45) is 5.13. The number of hydrogen-bond donors (Lipinski definition) is 2. The topological polar surface area (TPSA) is 113 Å². The highest BCUT2D eigenvalue weighted by Crippen LogP contribution is 2.33. The van der Waals surface area contributed by atoms with E-state index in [1.165, 1.54) is 4.90 Å². The minimum Gasteiger partial charge on any atom is -0.493 e. The number of ether oxygens (including phenoxy) is 1. The van der Waals surface area contributed by atoms with E-state index in [4.69, 9.17) is 9.84 Å². The first-order valence-corrected chi connectivity index (χ1v) is 10.1. The fraction of sp³-hybridized carbons (Fsp3) is 0.524. The van der Waals surface area contributed by atoms with Crippen LogP contribution in [-0.4, -0.2) is 46.3 Å². The van der Waals surface area contributed by atoms with E-state index in [-0.39, 0.29) is 24.7 Å². The molecule has 2 aliphatic rings. The van der Waals surface area contributed by atoms with E-state index in [0.717, 1.165) is 31.2 Å². The summed E-state index contributed by atoms with van der Waals surface area (Å²) in [6.45, 7) is 0.813. The van der Waals surface area contributed by atoms with Crippen LogP contribution in [0.15, 0.2) is 18.2 Å². The Morgan fingerprint density at radius 2 is 1.90 bits per heavy atom. The molecule has 1 aromatic carbocycles. The quantitative estimate of drug-likeness (QED) is 0.458. The molecule has 1 saturated heterocycles. The number of unbranched alkanes of at least 4 members (excludes halogenated alkanes) is 4. The van der Waals surface area contributed by atoms with Gasteiger partial charge in [-0.15, -0.1) is 0 Å². The molecule has 2 heterocycles. The van der Waals surface area contributed by atoms with Crippen molar-refractivity contribution >= 4 is 23.7 Å². The summed E-state index contributed by atoms with van der Waals surface area (Å²) in [7, 11) is 0. The average molecular weight is 402 g/mol. The van der Waals surface area contributed by atoms with Crippen LogP contribution in [0.1, 0.15) is 67.3 Å². The molecule has 156 valence electrons. The molecule has 0 aromatic heterocycles. The number of carbonyl (C=O) groups is 4. The highest BCUT2D eigenvalue weighted by atomic mass is 16.5. The minimum absolute atomic E-state index is 0.210. The van der Waals surface area contributed by atoms with Gasteiger partial charge < -0.3 is 14.7 Å². The summed E-state index contributed by atoms with van der Waals surface area (Å²) in [6, 6.07) is 4.70. The standard InChI is InChI=1S/C21H26N2O6/c24-18-11-10-16(20(27)22-18)23-13-15-14(21(23)28)7-6-8-17(15)29-12-5-3-1-2-4-9-19(25)26/h6-8,16H,1-5,9-13H2,(H,25,26)(H,22,24,27). The van der Waals surface area contributed by atoms with Crippen LogP contribution in [0.4, 0.5) is 0 Å². The smallest absolute Gasteiger partial charge is 0.303 e. The number of imide groups is 1. The van der Waals surface area contributed by atoms with E-state index in [0.29, 0.717) is 37.3 Å². The molecule has 1 aromatic rings. The van der Waals surface area contributed by atoms with E-state index in [1.54, 1.807) is 12.1 Å². The van der Waals surface area contributed by atoms with E-state index in [2.05, 4.69) is 5.32 Å². The van der Waals surface area contributed by atoms with Crippen LogP contribution in [0.2, 0.25) is 0 Å². The SMILES string of the molecule is O=C(O)CCCCCCCOc1cccc2c1CN(C1CCC(=O)NC1=O)C2=O. The molecule has 0 bridgehead atoms.